The van der Waals surface area contributed by atoms with Gasteiger partial charge in [0.25, 0.3) is 5.95 Å². The highest BCUT2D eigenvalue weighted by Crippen LogP contribution is 2.24. The molecule has 1 aliphatic rings. The largest absolute Gasteiger partial charge is 0.409 e. The van der Waals surface area contributed by atoms with Gasteiger partial charge in [0.1, 0.15) is 6.33 Å². The second-order valence-corrected chi connectivity index (χ2v) is 1.89. The first-order valence-corrected chi connectivity index (χ1v) is 2.73. The lowest BCUT2D eigenvalue weighted by Crippen LogP contribution is -2.11. The molecule has 0 radical (unpaired) electrons. The zero-order valence-electron chi connectivity index (χ0n) is 5.15. The van der Waals surface area contributed by atoms with Crippen LogP contribution in [0.4, 0.5) is 5.95 Å². The summed E-state index contributed by atoms with van der Waals surface area (Å²) in [6.07, 6.45) is 0.0444. The van der Waals surface area contributed by atoms with E-state index in [1.54, 1.807) is 0 Å². The second-order valence-electron chi connectivity index (χ2n) is 1.89. The second kappa shape index (κ2) is 1.81. The average Bonchev–Trinajstić information content (AvgIpc) is 2.41. The van der Waals surface area contributed by atoms with Crippen LogP contribution in [0.3, 0.4) is 0 Å². The van der Waals surface area contributed by atoms with E-state index in [9.17, 15) is 10.1 Å². The van der Waals surface area contributed by atoms with Crippen LogP contribution in [-0.4, -0.2) is 19.7 Å². The fraction of sp³-hybridized carbons (Fsp3) is 0.333. The molecule has 0 spiro atoms. The summed E-state index contributed by atoms with van der Waals surface area (Å²) in [5.41, 5.74) is 0. The first-order chi connectivity index (χ1) is 5.29. The lowest BCUT2D eigenvalue weighted by atomic mass is 10.8. The molecule has 0 fully saturated rings. The lowest BCUT2D eigenvalue weighted by Gasteiger charge is -1.96. The maximum atomic E-state index is 10.2. The third kappa shape index (κ3) is 0.687. The Morgan fingerprint density at radius 1 is 1.73 bits per heavy atom. The number of nitrogens with zero attached hydrogens (tertiary/aromatic N) is 6. The molecule has 2 heterocycles. The molecule has 0 bridgehead atoms. The van der Waals surface area contributed by atoms with Gasteiger partial charge in [-0.25, -0.2) is 4.57 Å². The third-order valence-electron chi connectivity index (χ3n) is 1.24. The van der Waals surface area contributed by atoms with Crippen LogP contribution in [0, 0.1) is 10.1 Å². The van der Waals surface area contributed by atoms with Crippen molar-refractivity contribution in [3.05, 3.63) is 16.4 Å². The number of hydrogen-bond donors (Lipinski definition) is 0. The molecule has 1 aromatic heterocycles. The Morgan fingerprint density at radius 3 is 3.27 bits per heavy atom. The van der Waals surface area contributed by atoms with E-state index in [0.717, 1.165) is 0 Å². The third-order valence-corrected chi connectivity index (χ3v) is 1.24. The summed E-state index contributed by atoms with van der Waals surface area (Å²) < 4.78 is 1.18. The zero-order valence-corrected chi connectivity index (χ0v) is 5.15. The summed E-state index contributed by atoms with van der Waals surface area (Å²) in [5.74, 6) is 0.173. The Hall–Kier alpha value is -1.86. The van der Waals surface area contributed by atoms with Gasteiger partial charge in [0, 0.05) is 0 Å². The van der Waals surface area contributed by atoms with Gasteiger partial charge in [-0.05, 0) is 0 Å². The number of fused-ring (bicyclic) bond motifs is 1. The van der Waals surface area contributed by atoms with Crippen LogP contribution in [0.5, 0.6) is 0 Å². The Balaban J connectivity index is 2.46. The Labute approximate surface area is 59.7 Å². The highest BCUT2D eigenvalue weighted by atomic mass is 16.6. The Bertz CT molecular complexity index is 328. The van der Waals surface area contributed by atoms with Gasteiger partial charge in [0.2, 0.25) is 0 Å². The SMILES string of the molecule is O=[N+]([O-])[C@H]1N=Nc2nncn21. The van der Waals surface area contributed by atoms with Crippen molar-refractivity contribution in [2.45, 2.75) is 6.29 Å². The molecular weight excluding hydrogens is 152 g/mol. The van der Waals surface area contributed by atoms with E-state index in [-0.39, 0.29) is 5.95 Å². The predicted molar refractivity (Wildman–Crippen MR) is 30.6 cm³/mol. The minimum Gasteiger partial charge on any atom is -0.261 e. The monoisotopic (exact) mass is 154 g/mol. The van der Waals surface area contributed by atoms with Gasteiger partial charge in [0.05, 0.1) is 4.92 Å². The topological polar surface area (TPSA) is 98.6 Å². The summed E-state index contributed by atoms with van der Waals surface area (Å²) >= 11 is 0. The first kappa shape index (κ1) is 5.89. The number of rotatable bonds is 1. The Kier molecular flexibility index (Phi) is 0.969. The van der Waals surface area contributed by atoms with E-state index < -0.39 is 11.2 Å². The number of azo groups is 1. The first-order valence-electron chi connectivity index (χ1n) is 2.73. The summed E-state index contributed by atoms with van der Waals surface area (Å²) in [7, 11) is 0. The van der Waals surface area contributed by atoms with Crippen LogP contribution in [0.15, 0.2) is 16.6 Å². The van der Waals surface area contributed by atoms with Gasteiger partial charge >= 0.3 is 6.29 Å². The van der Waals surface area contributed by atoms with Crippen molar-refractivity contribution in [1.29, 1.82) is 0 Å². The molecule has 8 nitrogen and oxygen atoms in total. The molecule has 8 heteroatoms. The standard InChI is InChI=1S/C3H2N6O2/c10-9(11)3-7-6-2-5-4-1-8(2)3/h1,3H/t3-/m0/s1. The fourth-order valence-corrected chi connectivity index (χ4v) is 0.774. The van der Waals surface area contributed by atoms with E-state index in [0.29, 0.717) is 0 Å². The smallest absolute Gasteiger partial charge is 0.261 e. The van der Waals surface area contributed by atoms with Crippen LogP contribution in [-0.2, 0) is 0 Å². The van der Waals surface area contributed by atoms with Gasteiger partial charge < -0.3 is 0 Å². The predicted octanol–water partition coefficient (Wildman–Crippen LogP) is 0.108. The van der Waals surface area contributed by atoms with Crippen molar-refractivity contribution in [2.75, 3.05) is 0 Å². The van der Waals surface area contributed by atoms with Gasteiger partial charge in [0.15, 0.2) is 0 Å². The summed E-state index contributed by atoms with van der Waals surface area (Å²) in [4.78, 5) is 9.67. The van der Waals surface area contributed by atoms with Crippen LogP contribution in [0.25, 0.3) is 0 Å². The Morgan fingerprint density at radius 2 is 2.55 bits per heavy atom. The highest BCUT2D eigenvalue weighted by Gasteiger charge is 2.29. The summed E-state index contributed by atoms with van der Waals surface area (Å²) in [6.45, 7) is 0. The van der Waals surface area contributed by atoms with Crippen molar-refractivity contribution in [3.63, 3.8) is 0 Å². The molecule has 2 rings (SSSR count). The van der Waals surface area contributed by atoms with Crippen molar-refractivity contribution < 1.29 is 4.92 Å². The highest BCUT2D eigenvalue weighted by molar-refractivity contribution is 5.14. The van der Waals surface area contributed by atoms with E-state index in [1.165, 1.54) is 10.9 Å². The molecule has 0 amide bonds. The van der Waals surface area contributed by atoms with Crippen molar-refractivity contribution >= 4 is 5.95 Å². The van der Waals surface area contributed by atoms with Crippen molar-refractivity contribution in [2.24, 2.45) is 10.2 Å². The average molecular weight is 154 g/mol. The van der Waals surface area contributed by atoms with Crippen molar-refractivity contribution in [1.82, 2.24) is 14.8 Å². The normalized spacial score (nSPS) is 20.2. The zero-order chi connectivity index (χ0) is 7.84. The van der Waals surface area contributed by atoms with Crippen LogP contribution >= 0.6 is 0 Å². The molecule has 1 aromatic rings. The van der Waals surface area contributed by atoms with E-state index in [2.05, 4.69) is 20.4 Å². The minimum atomic E-state index is -1.18. The molecule has 0 N–H and O–H groups in total. The summed E-state index contributed by atoms with van der Waals surface area (Å²) in [6, 6.07) is 0. The molecule has 0 saturated heterocycles. The quantitative estimate of drug-likeness (QED) is 0.423. The number of nitro groups is 1. The maximum absolute atomic E-state index is 10.2. The molecule has 1 atom stereocenters. The molecule has 0 aromatic carbocycles. The van der Waals surface area contributed by atoms with Gasteiger partial charge in [-0.15, -0.1) is 15.3 Å². The number of aromatic nitrogens is 3. The maximum Gasteiger partial charge on any atom is 0.409 e. The fourth-order valence-electron chi connectivity index (χ4n) is 0.774. The van der Waals surface area contributed by atoms with Crippen molar-refractivity contribution in [3.8, 4) is 0 Å². The van der Waals surface area contributed by atoms with Crippen LogP contribution < -0.4 is 0 Å². The van der Waals surface area contributed by atoms with E-state index in [1.807, 2.05) is 0 Å². The minimum absolute atomic E-state index is 0.173. The molecule has 0 saturated carbocycles. The molecular formula is C3H2N6O2. The molecule has 0 aliphatic carbocycles. The molecule has 0 unspecified atom stereocenters. The van der Waals surface area contributed by atoms with E-state index >= 15 is 0 Å². The lowest BCUT2D eigenvalue weighted by molar-refractivity contribution is -0.545. The van der Waals surface area contributed by atoms with Gasteiger partial charge in [-0.2, -0.15) is 0 Å². The van der Waals surface area contributed by atoms with Gasteiger partial charge in [-0.1, -0.05) is 5.11 Å². The van der Waals surface area contributed by atoms with E-state index in [4.69, 9.17) is 0 Å². The molecule has 56 valence electrons. The van der Waals surface area contributed by atoms with Crippen LogP contribution in [0.1, 0.15) is 6.29 Å². The number of hydrogen-bond acceptors (Lipinski definition) is 6. The molecule has 11 heavy (non-hydrogen) atoms. The van der Waals surface area contributed by atoms with Gasteiger partial charge in [-0.3, -0.25) is 10.1 Å². The molecule has 1 aliphatic heterocycles. The summed E-state index contributed by atoms with van der Waals surface area (Å²) in [5, 5.41) is 23.9. The van der Waals surface area contributed by atoms with Crippen LogP contribution in [0.2, 0.25) is 0 Å².